The van der Waals surface area contributed by atoms with E-state index >= 15 is 0 Å². The molecule has 1 fully saturated rings. The van der Waals surface area contributed by atoms with Gasteiger partial charge in [0.15, 0.2) is 11.6 Å². The number of halogens is 1. The monoisotopic (exact) mass is 502 g/mol. The average molecular weight is 503 g/mol. The summed E-state index contributed by atoms with van der Waals surface area (Å²) in [7, 11) is -3.95. The number of unbranched alkanes of at least 4 members (excludes halogenated alkanes) is 1. The summed E-state index contributed by atoms with van der Waals surface area (Å²) in [4.78, 5) is 38.1. The van der Waals surface area contributed by atoms with E-state index < -0.39 is 22.0 Å². The van der Waals surface area contributed by atoms with E-state index in [2.05, 4.69) is 5.32 Å². The molecule has 4 rings (SSSR count). The van der Waals surface area contributed by atoms with Crippen LogP contribution in [-0.4, -0.2) is 49.3 Å². The molecule has 0 aromatic heterocycles. The first-order valence-electron chi connectivity index (χ1n) is 11.5. The van der Waals surface area contributed by atoms with Crippen LogP contribution in [0.4, 0.5) is 0 Å². The SMILES string of the molecule is O=C1c2ccccc2C(=O)C1CCCCN([C@@H]1CCCCNC1=O)S(=O)(=O)c1ccc(Cl)cc1. The lowest BCUT2D eigenvalue weighted by Crippen LogP contribution is -2.49. The average Bonchev–Trinajstić information content (AvgIpc) is 2.94. The Kier molecular flexibility index (Phi) is 7.50. The molecule has 0 unspecified atom stereocenters. The van der Waals surface area contributed by atoms with Crippen LogP contribution in [0.5, 0.6) is 0 Å². The zero-order chi connectivity index (χ0) is 24.3. The Hall–Kier alpha value is -2.55. The van der Waals surface area contributed by atoms with E-state index in [1.807, 2.05) is 0 Å². The van der Waals surface area contributed by atoms with Crippen molar-refractivity contribution in [2.75, 3.05) is 13.1 Å². The largest absolute Gasteiger partial charge is 0.355 e. The van der Waals surface area contributed by atoms with Gasteiger partial charge in [0.05, 0.1) is 10.8 Å². The molecule has 34 heavy (non-hydrogen) atoms. The Morgan fingerprint density at radius 3 is 2.21 bits per heavy atom. The predicted octanol–water partition coefficient (Wildman–Crippen LogP) is 3.87. The molecule has 1 N–H and O–H groups in total. The van der Waals surface area contributed by atoms with Crippen molar-refractivity contribution in [3.05, 3.63) is 64.7 Å². The molecule has 1 aliphatic heterocycles. The third-order valence-corrected chi connectivity index (χ3v) is 8.66. The highest BCUT2D eigenvalue weighted by Crippen LogP contribution is 2.30. The van der Waals surface area contributed by atoms with Crippen LogP contribution in [0.1, 0.15) is 59.2 Å². The van der Waals surface area contributed by atoms with Gasteiger partial charge in [-0.05, 0) is 56.4 Å². The second-order valence-corrected chi connectivity index (χ2v) is 11.0. The minimum atomic E-state index is -3.95. The molecule has 1 heterocycles. The minimum absolute atomic E-state index is 0.0746. The number of fused-ring (bicyclic) bond motifs is 1. The van der Waals surface area contributed by atoms with Gasteiger partial charge in [-0.1, -0.05) is 42.3 Å². The molecule has 1 saturated heterocycles. The molecule has 0 spiro atoms. The fourth-order valence-electron chi connectivity index (χ4n) is 4.67. The highest BCUT2D eigenvalue weighted by molar-refractivity contribution is 7.89. The fraction of sp³-hybridized carbons (Fsp3) is 0.400. The fourth-order valence-corrected chi connectivity index (χ4v) is 6.45. The number of amides is 1. The molecule has 0 saturated carbocycles. The van der Waals surface area contributed by atoms with Crippen molar-refractivity contribution in [3.8, 4) is 0 Å². The molecule has 1 amide bonds. The Morgan fingerprint density at radius 2 is 1.56 bits per heavy atom. The Labute approximate surface area is 204 Å². The molecule has 1 atom stereocenters. The maximum absolute atomic E-state index is 13.5. The number of ketones is 2. The van der Waals surface area contributed by atoms with Gasteiger partial charge in [-0.25, -0.2) is 8.42 Å². The van der Waals surface area contributed by atoms with E-state index in [-0.39, 0.29) is 28.9 Å². The van der Waals surface area contributed by atoms with Crippen molar-refractivity contribution < 1.29 is 22.8 Å². The predicted molar refractivity (Wildman–Crippen MR) is 128 cm³/mol. The topological polar surface area (TPSA) is 101 Å². The van der Waals surface area contributed by atoms with Gasteiger partial charge in [0.1, 0.15) is 6.04 Å². The molecule has 0 radical (unpaired) electrons. The molecular weight excluding hydrogens is 476 g/mol. The van der Waals surface area contributed by atoms with E-state index in [9.17, 15) is 22.8 Å². The number of hydrogen-bond acceptors (Lipinski definition) is 5. The number of benzene rings is 2. The van der Waals surface area contributed by atoms with Gasteiger partial charge in [0.2, 0.25) is 15.9 Å². The van der Waals surface area contributed by atoms with Crippen LogP contribution in [0, 0.1) is 5.92 Å². The van der Waals surface area contributed by atoms with E-state index in [1.54, 1.807) is 24.3 Å². The van der Waals surface area contributed by atoms with Crippen molar-refractivity contribution >= 4 is 39.1 Å². The highest BCUT2D eigenvalue weighted by atomic mass is 35.5. The van der Waals surface area contributed by atoms with Crippen LogP contribution < -0.4 is 5.32 Å². The van der Waals surface area contributed by atoms with Gasteiger partial charge in [0, 0.05) is 29.2 Å². The molecule has 2 aliphatic rings. The van der Waals surface area contributed by atoms with Gasteiger partial charge >= 0.3 is 0 Å². The lowest BCUT2D eigenvalue weighted by Gasteiger charge is -2.29. The molecule has 180 valence electrons. The maximum Gasteiger partial charge on any atom is 0.243 e. The standard InChI is InChI=1S/C25H27ClN2O5S/c26-17-11-13-18(14-12-17)34(32,33)28(22-10-3-5-15-27-25(22)31)16-6-4-9-21-23(29)19-7-1-2-8-20(19)24(21)30/h1-2,7-8,11-14,21-22H,3-6,9-10,15-16H2,(H,27,31)/t22-/m1/s1. The van der Waals surface area contributed by atoms with Crippen molar-refractivity contribution in [3.63, 3.8) is 0 Å². The lowest BCUT2D eigenvalue weighted by molar-refractivity contribution is -0.124. The van der Waals surface area contributed by atoms with Crippen LogP contribution >= 0.6 is 11.6 Å². The second-order valence-electron chi connectivity index (χ2n) is 8.69. The Morgan fingerprint density at radius 1 is 0.912 bits per heavy atom. The summed E-state index contributed by atoms with van der Waals surface area (Å²) in [5.41, 5.74) is 0.916. The lowest BCUT2D eigenvalue weighted by atomic mass is 9.97. The summed E-state index contributed by atoms with van der Waals surface area (Å²) in [5.74, 6) is -1.37. The number of rotatable bonds is 8. The molecular formula is C25H27ClN2O5S. The molecule has 9 heteroatoms. The van der Waals surface area contributed by atoms with Gasteiger partial charge in [-0.2, -0.15) is 4.31 Å². The molecule has 0 bridgehead atoms. The van der Waals surface area contributed by atoms with Crippen LogP contribution in [-0.2, 0) is 14.8 Å². The summed E-state index contributed by atoms with van der Waals surface area (Å²) in [6, 6.07) is 11.9. The summed E-state index contributed by atoms with van der Waals surface area (Å²) >= 11 is 5.93. The second kappa shape index (κ2) is 10.4. The molecule has 7 nitrogen and oxygen atoms in total. The van der Waals surface area contributed by atoms with Crippen molar-refractivity contribution in [2.45, 2.75) is 49.5 Å². The number of Topliss-reactive ketones (excluding diaryl/α,β-unsaturated/α-hetero) is 2. The number of carbonyl (C=O) groups is 3. The van der Waals surface area contributed by atoms with Gasteiger partial charge in [-0.3, -0.25) is 14.4 Å². The smallest absolute Gasteiger partial charge is 0.243 e. The van der Waals surface area contributed by atoms with Gasteiger partial charge in [0.25, 0.3) is 0 Å². The van der Waals surface area contributed by atoms with Crippen molar-refractivity contribution in [1.29, 1.82) is 0 Å². The zero-order valence-corrected chi connectivity index (χ0v) is 20.3. The first-order valence-corrected chi connectivity index (χ1v) is 13.3. The van der Waals surface area contributed by atoms with Crippen molar-refractivity contribution in [2.24, 2.45) is 5.92 Å². The molecule has 2 aromatic carbocycles. The summed E-state index contributed by atoms with van der Waals surface area (Å²) in [5, 5.41) is 3.23. The van der Waals surface area contributed by atoms with Crippen LogP contribution in [0.15, 0.2) is 53.4 Å². The number of sulfonamides is 1. The van der Waals surface area contributed by atoms with Crippen LogP contribution in [0.3, 0.4) is 0 Å². The third-order valence-electron chi connectivity index (χ3n) is 6.49. The number of nitrogens with zero attached hydrogens (tertiary/aromatic N) is 1. The van der Waals surface area contributed by atoms with Gasteiger partial charge < -0.3 is 5.32 Å². The summed E-state index contributed by atoms with van der Waals surface area (Å²) < 4.78 is 28.3. The van der Waals surface area contributed by atoms with Crippen LogP contribution in [0.2, 0.25) is 5.02 Å². The quantitative estimate of drug-likeness (QED) is 0.436. The third kappa shape index (κ3) is 4.94. The van der Waals surface area contributed by atoms with Crippen molar-refractivity contribution in [1.82, 2.24) is 9.62 Å². The highest BCUT2D eigenvalue weighted by Gasteiger charge is 2.38. The molecule has 2 aromatic rings. The van der Waals surface area contributed by atoms with E-state index in [4.69, 9.17) is 11.6 Å². The number of carbonyl (C=O) groups excluding carboxylic acids is 3. The first kappa shape index (κ1) is 24.6. The summed E-state index contributed by atoms with van der Waals surface area (Å²) in [6.45, 7) is 0.641. The zero-order valence-electron chi connectivity index (χ0n) is 18.7. The Balaban J connectivity index is 1.48. The summed E-state index contributed by atoms with van der Waals surface area (Å²) in [6.07, 6.45) is 3.22. The number of nitrogens with one attached hydrogen (secondary N) is 1. The van der Waals surface area contributed by atoms with E-state index in [1.165, 1.54) is 28.6 Å². The van der Waals surface area contributed by atoms with Crippen LogP contribution in [0.25, 0.3) is 0 Å². The first-order chi connectivity index (χ1) is 16.3. The Bertz CT molecular complexity index is 1160. The minimum Gasteiger partial charge on any atom is -0.355 e. The normalized spacial score (nSPS) is 19.2. The number of hydrogen-bond donors (Lipinski definition) is 1. The van der Waals surface area contributed by atoms with E-state index in [0.717, 1.165) is 12.8 Å². The maximum atomic E-state index is 13.5. The van der Waals surface area contributed by atoms with Gasteiger partial charge in [-0.15, -0.1) is 0 Å². The molecule has 1 aliphatic carbocycles. The van der Waals surface area contributed by atoms with E-state index in [0.29, 0.717) is 48.4 Å².